The van der Waals surface area contributed by atoms with Gasteiger partial charge < -0.3 is 205 Å². The normalized spacial score (nSPS) is 35.5. The Morgan fingerprint density at radius 2 is 0.786 bits per heavy atom. The van der Waals surface area contributed by atoms with Gasteiger partial charge in [-0.05, 0) is 51.9 Å². The Morgan fingerprint density at radius 1 is 0.386 bits per heavy atom. The van der Waals surface area contributed by atoms with E-state index in [9.17, 15) is 146 Å². The van der Waals surface area contributed by atoms with Crippen LogP contribution in [0.25, 0.3) is 0 Å². The highest BCUT2D eigenvalue weighted by Crippen LogP contribution is 2.44. The number of hydrogen-bond acceptors (Lipinski definition) is 41. The molecule has 145 heavy (non-hydrogen) atoms. The second-order valence-electron chi connectivity index (χ2n) is 39.5. The highest BCUT2D eigenvalue weighted by Gasteiger charge is 2.65. The molecule has 0 radical (unpaired) electrons. The van der Waals surface area contributed by atoms with E-state index in [-0.39, 0.29) is 6.42 Å². The maximum atomic E-state index is 14.6. The maximum absolute atomic E-state index is 14.6. The number of nitrogens with one attached hydrogen (secondary N) is 4. The van der Waals surface area contributed by atoms with Crippen molar-refractivity contribution in [2.75, 3.05) is 46.2 Å². The minimum Gasteiger partial charge on any atom is -0.477 e. The van der Waals surface area contributed by atoms with E-state index in [1.165, 1.54) is 135 Å². The number of carboxylic acids is 2. The molecule has 7 saturated heterocycles. The van der Waals surface area contributed by atoms with Crippen molar-refractivity contribution in [3.05, 3.63) is 24.3 Å². The molecule has 39 atom stereocenters. The minimum atomic E-state index is -3.75. The number of carbonyl (C=O) groups excluding carboxylic acids is 4. The highest BCUT2D eigenvalue weighted by atomic mass is 16.8. The van der Waals surface area contributed by atoms with E-state index >= 15 is 0 Å². The summed E-state index contributed by atoms with van der Waals surface area (Å²) >= 11 is 0. The van der Waals surface area contributed by atoms with Gasteiger partial charge in [0.15, 0.2) is 31.5 Å². The molecule has 47 nitrogen and oxygen atoms in total. The van der Waals surface area contributed by atoms with Crippen LogP contribution < -0.4 is 21.3 Å². The second-order valence-corrected chi connectivity index (χ2v) is 39.5. The lowest BCUT2D eigenvalue weighted by Gasteiger charge is -2.53. The molecular formula is C98H172N4O43. The van der Waals surface area contributed by atoms with Crippen molar-refractivity contribution in [2.45, 2.75) is 511 Å². The number of aliphatic hydroxyl groups excluding tert-OH is 21. The van der Waals surface area contributed by atoms with Gasteiger partial charge >= 0.3 is 11.9 Å². The molecule has 27 N–H and O–H groups in total. The summed E-state index contributed by atoms with van der Waals surface area (Å²) < 4.78 is 85.0. The Hall–Kier alpha value is -5.10. The van der Waals surface area contributed by atoms with E-state index in [0.29, 0.717) is 12.8 Å². The maximum Gasteiger partial charge on any atom is 0.364 e. The number of carbonyl (C=O) groups is 6. The van der Waals surface area contributed by atoms with E-state index in [2.05, 4.69) is 47.3 Å². The number of carboxylic acid groups (broad SMARTS) is 2. The molecule has 7 rings (SSSR count). The van der Waals surface area contributed by atoms with E-state index in [1.54, 1.807) is 6.08 Å². The molecule has 842 valence electrons. The number of allylic oxidation sites excluding steroid dienone is 3. The van der Waals surface area contributed by atoms with Crippen LogP contribution in [0.5, 0.6) is 0 Å². The fourth-order valence-corrected chi connectivity index (χ4v) is 19.4. The van der Waals surface area contributed by atoms with Crippen LogP contribution in [0.4, 0.5) is 0 Å². The van der Waals surface area contributed by atoms with Gasteiger partial charge in [-0.25, -0.2) is 9.59 Å². The third kappa shape index (κ3) is 38.0. The smallest absolute Gasteiger partial charge is 0.364 e. The fourth-order valence-electron chi connectivity index (χ4n) is 19.4. The zero-order chi connectivity index (χ0) is 107. The summed E-state index contributed by atoms with van der Waals surface area (Å²) in [6.45, 7) is -0.0754. The Morgan fingerprint density at radius 3 is 1.28 bits per heavy atom. The molecule has 0 aromatic heterocycles. The van der Waals surface area contributed by atoms with Crippen molar-refractivity contribution >= 4 is 35.6 Å². The van der Waals surface area contributed by atoms with Crippen LogP contribution >= 0.6 is 0 Å². The van der Waals surface area contributed by atoms with Crippen LogP contribution in [0.1, 0.15) is 273 Å². The summed E-state index contributed by atoms with van der Waals surface area (Å²) in [5, 5.41) is 273. The predicted molar refractivity (Wildman–Crippen MR) is 508 cm³/mol. The molecule has 0 saturated carbocycles. The summed E-state index contributed by atoms with van der Waals surface area (Å²) in [7, 11) is 0. The second kappa shape index (κ2) is 65.4. The first kappa shape index (κ1) is 127. The van der Waals surface area contributed by atoms with Gasteiger partial charge in [0.05, 0.1) is 88.8 Å². The highest BCUT2D eigenvalue weighted by molar-refractivity contribution is 5.78. The van der Waals surface area contributed by atoms with Crippen LogP contribution in [0, 0.1) is 0 Å². The van der Waals surface area contributed by atoms with Gasteiger partial charge in [-0.1, -0.05) is 205 Å². The molecule has 4 amide bonds. The molecular weight excluding hydrogens is 1920 g/mol. The van der Waals surface area contributed by atoms with Gasteiger partial charge in [0.25, 0.3) is 11.6 Å². The zero-order valence-corrected chi connectivity index (χ0v) is 84.5. The average Bonchev–Trinajstić information content (AvgIpc) is 0.730. The van der Waals surface area contributed by atoms with Crippen molar-refractivity contribution in [2.24, 2.45) is 0 Å². The van der Waals surface area contributed by atoms with Gasteiger partial charge in [-0.3, -0.25) is 19.2 Å². The molecule has 7 aliphatic rings. The number of amides is 4. The molecule has 0 aliphatic carbocycles. The first-order chi connectivity index (χ1) is 69.3. The van der Waals surface area contributed by atoms with Crippen molar-refractivity contribution < 1.29 is 213 Å². The number of hydrogen-bond donors (Lipinski definition) is 27. The topological polar surface area (TPSA) is 745 Å². The summed E-state index contributed by atoms with van der Waals surface area (Å²) in [6.07, 6.45) is -31.2. The van der Waals surface area contributed by atoms with E-state index in [4.69, 9.17) is 66.3 Å². The summed E-state index contributed by atoms with van der Waals surface area (Å²) in [5.74, 6) is -15.3. The third-order valence-electron chi connectivity index (χ3n) is 27.8. The van der Waals surface area contributed by atoms with E-state index in [0.717, 1.165) is 97.8 Å². The molecule has 0 bridgehead atoms. The Balaban J connectivity index is 1.18. The zero-order valence-electron chi connectivity index (χ0n) is 84.5. The first-order valence-electron chi connectivity index (χ1n) is 52.2. The van der Waals surface area contributed by atoms with Gasteiger partial charge in [0.1, 0.15) is 153 Å². The molecule has 14 unspecified atom stereocenters. The number of rotatable bonds is 68. The standard InChI is InChI=1S/C98H172N4O43/c1-7-9-11-13-15-17-19-21-22-23-24-25-26-27-28-29-30-32-34-36-38-40-42-44-68(116)102-58(59(112)43-41-39-37-35-33-31-20-18-16-14-12-10-8-2)53-132-91-81(126)79(124)83(66(51-107)136-91)138-93-82(127)88(145-98(96(130)131)46-61(114)70(100-56(5)110)87(144-98)76(121)65(50-106)142-97(95(128)129)45-60(113)69(99-55(4)109)86(143-97)73(118)62(115)47-103)84(67(52-108)137-93)139-90-71(101-57(6)111)85(75(120)64(49-105)134-90)140-94-89(78(123)74(119)63(48-104)135-94)141-92-80(125)77(122)72(117)54(3)133-92/h21-22,41,43,54,58-67,69-94,103-108,112-115,117-127H,7-20,23-40,42,44-53H2,1-6H3,(H,99,109)(H,100,110)(H,101,111)(H,102,116)(H,128,129)(H,130,131)/b22-21-,43-41+/t54?,58-,59+,60?,61?,62+,63?,64?,65+,66?,67?,69+,70+,71?,72+,73+,74-,75-,76+,77?,78-,79+,80-,81?,82?,83+,84-,85+,86?,87?,88+,89?,90-,91+,92+,93-,94-,97+,98-/m0/s1. The van der Waals surface area contributed by atoms with Gasteiger partial charge in [-0.2, -0.15) is 0 Å². The first-order valence-corrected chi connectivity index (χ1v) is 52.2. The predicted octanol–water partition coefficient (Wildman–Crippen LogP) is -2.12. The molecule has 0 spiro atoms. The van der Waals surface area contributed by atoms with E-state index in [1.807, 2.05) is 0 Å². The molecule has 0 aromatic rings. The fraction of sp³-hybridized carbons (Fsp3) is 0.898. The Bertz CT molecular complexity index is 3730. The van der Waals surface area contributed by atoms with Gasteiger partial charge in [0, 0.05) is 40.0 Å². The van der Waals surface area contributed by atoms with Crippen molar-refractivity contribution in [1.29, 1.82) is 0 Å². The quantitative estimate of drug-likeness (QED) is 0.0229. The largest absolute Gasteiger partial charge is 0.477 e. The van der Waals surface area contributed by atoms with Crippen LogP contribution in [0.2, 0.25) is 0 Å². The van der Waals surface area contributed by atoms with Crippen LogP contribution in [0.3, 0.4) is 0 Å². The third-order valence-corrected chi connectivity index (χ3v) is 27.8. The van der Waals surface area contributed by atoms with Crippen molar-refractivity contribution in [3.8, 4) is 0 Å². The summed E-state index contributed by atoms with van der Waals surface area (Å²) in [4.78, 5) is 81.3. The van der Waals surface area contributed by atoms with Gasteiger partial charge in [-0.15, -0.1) is 0 Å². The summed E-state index contributed by atoms with van der Waals surface area (Å²) in [5.41, 5.74) is 0. The lowest BCUT2D eigenvalue weighted by molar-refractivity contribution is -0.406. The number of unbranched alkanes of at least 4 members (excludes halogenated alkanes) is 30. The number of aliphatic hydroxyl groups is 21. The van der Waals surface area contributed by atoms with E-state index < -0.39 is 333 Å². The van der Waals surface area contributed by atoms with Crippen molar-refractivity contribution in [3.63, 3.8) is 0 Å². The molecule has 7 aliphatic heterocycles. The van der Waals surface area contributed by atoms with Crippen molar-refractivity contribution in [1.82, 2.24) is 21.3 Å². The number of aliphatic carboxylic acids is 2. The minimum absolute atomic E-state index is 0.0664. The average molecular weight is 2090 g/mol. The lowest BCUT2D eigenvalue weighted by Crippen LogP contribution is -2.73. The van der Waals surface area contributed by atoms with Crippen LogP contribution in [-0.2, 0) is 95.1 Å². The monoisotopic (exact) mass is 2090 g/mol. The molecule has 0 aromatic carbocycles. The van der Waals surface area contributed by atoms with Gasteiger partial charge in [0.2, 0.25) is 23.6 Å². The number of ether oxygens (including phenoxy) is 14. The summed E-state index contributed by atoms with van der Waals surface area (Å²) in [6, 6.07) is -7.35. The van der Waals surface area contributed by atoms with Crippen LogP contribution in [0.15, 0.2) is 24.3 Å². The van der Waals surface area contributed by atoms with Crippen LogP contribution in [-0.4, -0.2) is 437 Å². The SMILES string of the molecule is CCCCCCCC/C=C\CCCCCCCCCCCCCCCC(=O)N[C@@H](CO[C@@H]1OC(CO)[C@@H](O[C@@H]2OC(CO)[C@H](O[C@@H]3OC(CO)[C@H](O)[C@H](O[C@@H]4OC(CO)[C@H](O)[C@H](O)C4O[C@H]4OC(C)[C@@H](O)C(O)[C@@H]4O)C3NC(C)=O)[C@H](O[C@]3(C(=O)O)CC(O)[C@@H](NC(C)=O)C([C@H](O)[C@@H](CO)O[C@]4(C(=O)O)CC(O)[C@@H](NC(C)=O)C([C@H](O)[C@H](O)CO)O4)O3)C2O)[C@H](O)C1O)[C@H](O)/C=C/CCCCCCCCCCCCC. The Labute approximate surface area is 847 Å². The Kier molecular flexibility index (Phi) is 57.2. The molecule has 7 fully saturated rings. The lowest BCUT2D eigenvalue weighted by atomic mass is 9.87. The molecule has 7 heterocycles. The molecule has 47 heteroatoms.